The normalized spacial score (nSPS) is 18.5. The van der Waals surface area contributed by atoms with Crippen molar-refractivity contribution in [2.75, 3.05) is 20.8 Å². The van der Waals surface area contributed by atoms with E-state index >= 15 is 0 Å². The Bertz CT molecular complexity index is 753. The van der Waals surface area contributed by atoms with Gasteiger partial charge in [0.05, 0.1) is 19.9 Å². The summed E-state index contributed by atoms with van der Waals surface area (Å²) in [5, 5.41) is 0. The van der Waals surface area contributed by atoms with Crippen LogP contribution in [-0.4, -0.2) is 36.7 Å². The monoisotopic (exact) mass is 348 g/mol. The maximum Gasteiger partial charge on any atom is 0.305 e. The van der Waals surface area contributed by atoms with Crippen molar-refractivity contribution in [1.82, 2.24) is 9.88 Å². The van der Waals surface area contributed by atoms with Crippen molar-refractivity contribution in [3.8, 4) is 22.8 Å². The Hall–Kier alpha value is -1.79. The van der Waals surface area contributed by atoms with Crippen LogP contribution in [0.25, 0.3) is 11.3 Å². The summed E-state index contributed by atoms with van der Waals surface area (Å²) in [6, 6.07) is 6.31. The van der Waals surface area contributed by atoms with E-state index in [2.05, 4.69) is 16.8 Å². The number of nitrogens with zero attached hydrogens (tertiary/aromatic N) is 1. The summed E-state index contributed by atoms with van der Waals surface area (Å²) < 4.78 is 10.7. The van der Waals surface area contributed by atoms with Crippen LogP contribution < -0.4 is 14.3 Å². The first-order valence-corrected chi connectivity index (χ1v) is 9.12. The minimum Gasteiger partial charge on any atom is -0.493 e. The molecule has 1 unspecified atom stereocenters. The zero-order valence-corrected chi connectivity index (χ0v) is 15.2. The van der Waals surface area contributed by atoms with Gasteiger partial charge in [-0.05, 0) is 44.5 Å². The second-order valence-electron chi connectivity index (χ2n) is 6.20. The van der Waals surface area contributed by atoms with Crippen molar-refractivity contribution in [2.45, 2.75) is 38.8 Å². The first-order chi connectivity index (χ1) is 11.6. The average molecular weight is 348 g/mol. The molecule has 0 aliphatic carbocycles. The molecule has 2 heterocycles. The van der Waals surface area contributed by atoms with Gasteiger partial charge in [-0.25, -0.2) is 0 Å². The van der Waals surface area contributed by atoms with Gasteiger partial charge in [-0.3, -0.25) is 9.69 Å². The fourth-order valence-corrected chi connectivity index (χ4v) is 4.15. The van der Waals surface area contributed by atoms with Crippen molar-refractivity contribution in [2.24, 2.45) is 0 Å². The molecule has 0 radical (unpaired) electrons. The third kappa shape index (κ3) is 3.49. The Morgan fingerprint density at radius 2 is 2.04 bits per heavy atom. The zero-order valence-electron chi connectivity index (χ0n) is 14.4. The van der Waals surface area contributed by atoms with Gasteiger partial charge in [0, 0.05) is 23.0 Å². The van der Waals surface area contributed by atoms with Crippen molar-refractivity contribution < 1.29 is 9.47 Å². The number of aromatic amines is 1. The molecule has 0 spiro atoms. The number of likely N-dealkylation sites (tertiary alicyclic amines) is 1. The SMILES string of the molecule is COc1ccc(-c2[nH]c(=O)sc2CN2CCCCC2C)cc1OC. The Morgan fingerprint density at radius 3 is 2.75 bits per heavy atom. The van der Waals surface area contributed by atoms with Crippen molar-refractivity contribution in [3.05, 3.63) is 32.7 Å². The number of H-pyrrole nitrogens is 1. The van der Waals surface area contributed by atoms with Crippen LogP contribution in [0.2, 0.25) is 0 Å². The number of thiazole rings is 1. The van der Waals surface area contributed by atoms with E-state index in [1.807, 2.05) is 18.2 Å². The van der Waals surface area contributed by atoms with Crippen molar-refractivity contribution in [3.63, 3.8) is 0 Å². The van der Waals surface area contributed by atoms with Crippen LogP contribution in [0.15, 0.2) is 23.0 Å². The third-order valence-electron chi connectivity index (χ3n) is 4.68. The summed E-state index contributed by atoms with van der Waals surface area (Å²) in [5.74, 6) is 1.35. The number of ether oxygens (including phenoxy) is 2. The summed E-state index contributed by atoms with van der Waals surface area (Å²) >= 11 is 1.30. The largest absolute Gasteiger partial charge is 0.493 e. The van der Waals surface area contributed by atoms with Crippen molar-refractivity contribution in [1.29, 1.82) is 0 Å². The number of benzene rings is 1. The average Bonchev–Trinajstić information content (AvgIpc) is 2.96. The molecule has 1 saturated heterocycles. The molecule has 1 atom stereocenters. The molecule has 1 aromatic heterocycles. The molecule has 0 bridgehead atoms. The van der Waals surface area contributed by atoms with Crippen LogP contribution >= 0.6 is 11.3 Å². The lowest BCUT2D eigenvalue weighted by molar-refractivity contribution is 0.154. The standard InChI is InChI=1S/C18H24N2O3S/c1-12-6-4-5-9-20(12)11-16-17(19-18(21)24-16)13-7-8-14(22-2)15(10-13)23-3/h7-8,10,12H,4-6,9,11H2,1-3H3,(H,19,21). The van der Waals surface area contributed by atoms with E-state index in [0.717, 1.165) is 29.2 Å². The quantitative estimate of drug-likeness (QED) is 0.899. The highest BCUT2D eigenvalue weighted by molar-refractivity contribution is 7.09. The Morgan fingerprint density at radius 1 is 1.25 bits per heavy atom. The molecule has 5 nitrogen and oxygen atoms in total. The maximum atomic E-state index is 12.0. The van der Waals surface area contributed by atoms with E-state index in [1.54, 1.807) is 14.2 Å². The Kier molecular flexibility index (Phi) is 5.26. The molecule has 1 fully saturated rings. The molecule has 0 amide bonds. The fraction of sp³-hybridized carbons (Fsp3) is 0.500. The van der Waals surface area contributed by atoms with E-state index in [-0.39, 0.29) is 4.87 Å². The van der Waals surface area contributed by atoms with E-state index < -0.39 is 0 Å². The summed E-state index contributed by atoms with van der Waals surface area (Å²) in [6.45, 7) is 4.18. The number of nitrogens with one attached hydrogen (secondary N) is 1. The van der Waals surface area contributed by atoms with Gasteiger partial charge in [0.2, 0.25) is 0 Å². The van der Waals surface area contributed by atoms with Gasteiger partial charge >= 0.3 is 4.87 Å². The molecule has 0 saturated carbocycles. The summed E-state index contributed by atoms with van der Waals surface area (Å²) in [7, 11) is 3.24. The van der Waals surface area contributed by atoms with E-state index in [4.69, 9.17) is 9.47 Å². The first-order valence-electron chi connectivity index (χ1n) is 8.30. The van der Waals surface area contributed by atoms with Crippen LogP contribution in [0, 0.1) is 0 Å². The first kappa shape index (κ1) is 17.0. The number of methoxy groups -OCH3 is 2. The molecule has 1 aromatic carbocycles. The third-order valence-corrected chi connectivity index (χ3v) is 5.55. The van der Waals surface area contributed by atoms with Gasteiger partial charge in [0.1, 0.15) is 0 Å². The lowest BCUT2D eigenvalue weighted by atomic mass is 10.0. The van der Waals surface area contributed by atoms with Crippen LogP contribution in [0.1, 0.15) is 31.1 Å². The number of piperidine rings is 1. The molecular weight excluding hydrogens is 324 g/mol. The Labute approximate surface area is 146 Å². The highest BCUT2D eigenvalue weighted by Gasteiger charge is 2.21. The molecule has 2 aromatic rings. The minimum absolute atomic E-state index is 0.0144. The highest BCUT2D eigenvalue weighted by atomic mass is 32.1. The molecule has 1 aliphatic rings. The maximum absolute atomic E-state index is 12.0. The van der Waals surface area contributed by atoms with Gasteiger partial charge in [-0.15, -0.1) is 0 Å². The fourth-order valence-electron chi connectivity index (χ4n) is 3.27. The lowest BCUT2D eigenvalue weighted by Crippen LogP contribution is -2.36. The van der Waals surface area contributed by atoms with Gasteiger partial charge in [-0.2, -0.15) is 0 Å². The number of rotatable bonds is 5. The molecule has 1 N–H and O–H groups in total. The predicted octanol–water partition coefficient (Wildman–Crippen LogP) is 3.50. The second kappa shape index (κ2) is 7.40. The van der Waals surface area contributed by atoms with Gasteiger partial charge in [0.15, 0.2) is 11.5 Å². The molecule has 1 aliphatic heterocycles. The van der Waals surface area contributed by atoms with Gasteiger partial charge in [-0.1, -0.05) is 17.8 Å². The second-order valence-corrected chi connectivity index (χ2v) is 7.27. The molecule has 3 rings (SSSR count). The van der Waals surface area contributed by atoms with Crippen LogP contribution in [0.4, 0.5) is 0 Å². The predicted molar refractivity (Wildman–Crippen MR) is 97.2 cm³/mol. The molecule has 6 heteroatoms. The van der Waals surface area contributed by atoms with Gasteiger partial charge < -0.3 is 14.5 Å². The van der Waals surface area contributed by atoms with Crippen molar-refractivity contribution >= 4 is 11.3 Å². The van der Waals surface area contributed by atoms with E-state index in [1.165, 1.54) is 30.6 Å². The Balaban J connectivity index is 1.93. The van der Waals surface area contributed by atoms with Crippen LogP contribution in [0.5, 0.6) is 11.5 Å². The highest BCUT2D eigenvalue weighted by Crippen LogP contribution is 2.34. The van der Waals surface area contributed by atoms with Crippen LogP contribution in [-0.2, 0) is 6.54 Å². The summed E-state index contributed by atoms with van der Waals surface area (Å²) in [6.07, 6.45) is 3.75. The molecular formula is C18H24N2O3S. The minimum atomic E-state index is -0.0144. The number of hydrogen-bond acceptors (Lipinski definition) is 5. The van der Waals surface area contributed by atoms with E-state index in [9.17, 15) is 4.79 Å². The zero-order chi connectivity index (χ0) is 17.1. The number of hydrogen-bond donors (Lipinski definition) is 1. The van der Waals surface area contributed by atoms with Gasteiger partial charge in [0.25, 0.3) is 0 Å². The van der Waals surface area contributed by atoms with Crippen LogP contribution in [0.3, 0.4) is 0 Å². The van der Waals surface area contributed by atoms with E-state index in [0.29, 0.717) is 17.5 Å². The lowest BCUT2D eigenvalue weighted by Gasteiger charge is -2.33. The summed E-state index contributed by atoms with van der Waals surface area (Å²) in [5.41, 5.74) is 1.84. The number of aromatic nitrogens is 1. The molecule has 130 valence electrons. The topological polar surface area (TPSA) is 54.6 Å². The summed E-state index contributed by atoms with van der Waals surface area (Å²) in [4.78, 5) is 18.5. The smallest absolute Gasteiger partial charge is 0.305 e. The molecule has 24 heavy (non-hydrogen) atoms.